The van der Waals surface area contributed by atoms with E-state index in [2.05, 4.69) is 17.9 Å². The monoisotopic (exact) mass is 318 g/mol. The molecule has 21 heavy (non-hydrogen) atoms. The van der Waals surface area contributed by atoms with Crippen molar-refractivity contribution in [1.82, 2.24) is 10.2 Å². The number of likely N-dealkylation sites (tertiary alicyclic amines) is 1. The Kier molecular flexibility index (Phi) is 5.88. The van der Waals surface area contributed by atoms with Crippen LogP contribution in [0.15, 0.2) is 0 Å². The Morgan fingerprint density at radius 3 is 2.57 bits per heavy atom. The zero-order chi connectivity index (χ0) is 16.2. The number of nitrogens with zero attached hydrogens (tertiary/aromatic N) is 1. The Labute approximate surface area is 129 Å². The minimum absolute atomic E-state index is 0.0456. The number of nitrogens with one attached hydrogen (secondary N) is 1. The summed E-state index contributed by atoms with van der Waals surface area (Å²) in [5, 5.41) is 11.6. The van der Waals surface area contributed by atoms with Crippen molar-refractivity contribution in [3.8, 4) is 0 Å². The van der Waals surface area contributed by atoms with E-state index in [1.165, 1.54) is 4.90 Å². The van der Waals surface area contributed by atoms with E-state index in [1.807, 2.05) is 0 Å². The molecule has 0 aliphatic carbocycles. The third kappa shape index (κ3) is 5.45. The molecule has 2 atom stereocenters. The summed E-state index contributed by atoms with van der Waals surface area (Å²) in [7, 11) is 0. The second kappa shape index (κ2) is 7.02. The summed E-state index contributed by atoms with van der Waals surface area (Å²) in [5.41, 5.74) is -0.663. The lowest BCUT2D eigenvalue weighted by Crippen LogP contribution is -2.50. The van der Waals surface area contributed by atoms with E-state index >= 15 is 0 Å². The third-order valence-electron chi connectivity index (χ3n) is 3.00. The third-order valence-corrected chi connectivity index (χ3v) is 3.51. The molecule has 0 bridgehead atoms. The molecule has 2 N–H and O–H groups in total. The largest absolute Gasteiger partial charge is 0.480 e. The molecule has 120 valence electrons. The van der Waals surface area contributed by atoms with Gasteiger partial charge in [-0.05, 0) is 32.4 Å². The van der Waals surface area contributed by atoms with E-state index in [-0.39, 0.29) is 18.4 Å². The maximum Gasteiger partial charge on any atom is 0.407 e. The average molecular weight is 318 g/mol. The van der Waals surface area contributed by atoms with Crippen LogP contribution in [-0.2, 0) is 14.3 Å². The van der Waals surface area contributed by atoms with Gasteiger partial charge in [0.2, 0.25) is 5.91 Å². The van der Waals surface area contributed by atoms with Gasteiger partial charge in [0.25, 0.3) is 0 Å². The Bertz CT molecular complexity index is 421. The summed E-state index contributed by atoms with van der Waals surface area (Å²) in [4.78, 5) is 36.0. The lowest BCUT2D eigenvalue weighted by atomic mass is 10.1. The van der Waals surface area contributed by atoms with E-state index in [4.69, 9.17) is 4.74 Å². The number of alkyl carbamates (subject to hydrolysis) is 1. The number of amides is 2. The van der Waals surface area contributed by atoms with Crippen molar-refractivity contribution in [2.45, 2.75) is 38.8 Å². The number of carbonyl (C=O) groups is 3. The van der Waals surface area contributed by atoms with Gasteiger partial charge in [-0.3, -0.25) is 4.79 Å². The molecule has 0 aromatic carbocycles. The van der Waals surface area contributed by atoms with E-state index in [1.54, 1.807) is 20.8 Å². The lowest BCUT2D eigenvalue weighted by Gasteiger charge is -2.26. The Morgan fingerprint density at radius 1 is 1.52 bits per heavy atom. The summed E-state index contributed by atoms with van der Waals surface area (Å²) >= 11 is 4.13. The molecular weight excluding hydrogens is 296 g/mol. The van der Waals surface area contributed by atoms with Gasteiger partial charge in [0.15, 0.2) is 0 Å². The first-order valence-electron chi connectivity index (χ1n) is 6.74. The van der Waals surface area contributed by atoms with Crippen LogP contribution in [0.4, 0.5) is 4.79 Å². The van der Waals surface area contributed by atoms with Crippen LogP contribution in [0, 0.1) is 5.92 Å². The summed E-state index contributed by atoms with van der Waals surface area (Å²) in [6, 6.07) is -1.09. The number of carbonyl (C=O) groups excluding carboxylic acids is 2. The Hall–Kier alpha value is -1.44. The SMILES string of the molecule is CC(C)(C)OC(=O)NC[C@H](C(=O)O)N1CC(CS)CC1=O. The number of carboxylic acid groups (broad SMARTS) is 1. The van der Waals surface area contributed by atoms with E-state index in [0.717, 1.165) is 0 Å². The van der Waals surface area contributed by atoms with Gasteiger partial charge in [-0.1, -0.05) is 0 Å². The van der Waals surface area contributed by atoms with Gasteiger partial charge >= 0.3 is 12.1 Å². The average Bonchev–Trinajstić information content (AvgIpc) is 2.68. The number of hydrogen-bond donors (Lipinski definition) is 3. The molecular formula is C13H22N2O5S. The molecule has 1 saturated heterocycles. The van der Waals surface area contributed by atoms with Crippen molar-refractivity contribution in [2.24, 2.45) is 5.92 Å². The molecule has 1 aliphatic rings. The molecule has 1 heterocycles. The van der Waals surface area contributed by atoms with Crippen LogP contribution in [0.5, 0.6) is 0 Å². The van der Waals surface area contributed by atoms with Gasteiger partial charge in [0.05, 0.1) is 6.54 Å². The molecule has 0 radical (unpaired) electrons. The molecule has 0 spiro atoms. The highest BCUT2D eigenvalue weighted by Crippen LogP contribution is 2.21. The normalized spacial score (nSPS) is 20.3. The Balaban J connectivity index is 2.61. The number of hydrogen-bond acceptors (Lipinski definition) is 5. The maximum atomic E-state index is 11.8. The highest BCUT2D eigenvalue weighted by atomic mass is 32.1. The number of ether oxygens (including phenoxy) is 1. The highest BCUT2D eigenvalue weighted by Gasteiger charge is 2.37. The van der Waals surface area contributed by atoms with Crippen molar-refractivity contribution in [3.63, 3.8) is 0 Å². The van der Waals surface area contributed by atoms with Gasteiger partial charge in [-0.2, -0.15) is 12.6 Å². The molecule has 0 saturated carbocycles. The molecule has 1 aliphatic heterocycles. The number of thiol groups is 1. The fourth-order valence-electron chi connectivity index (χ4n) is 2.06. The molecule has 0 aromatic rings. The second-order valence-corrected chi connectivity index (χ2v) is 6.40. The summed E-state index contributed by atoms with van der Waals surface area (Å²) in [5.74, 6) is -0.815. The fourth-order valence-corrected chi connectivity index (χ4v) is 2.30. The zero-order valence-corrected chi connectivity index (χ0v) is 13.4. The quantitative estimate of drug-likeness (QED) is 0.650. The van der Waals surface area contributed by atoms with Crippen LogP contribution in [0.1, 0.15) is 27.2 Å². The van der Waals surface area contributed by atoms with Crippen LogP contribution in [-0.4, -0.2) is 58.5 Å². The lowest BCUT2D eigenvalue weighted by molar-refractivity contribution is -0.148. The van der Waals surface area contributed by atoms with E-state index in [9.17, 15) is 19.5 Å². The van der Waals surface area contributed by atoms with Crippen molar-refractivity contribution >= 4 is 30.6 Å². The minimum atomic E-state index is -1.15. The van der Waals surface area contributed by atoms with Gasteiger partial charge in [-0.25, -0.2) is 9.59 Å². The van der Waals surface area contributed by atoms with Gasteiger partial charge < -0.3 is 20.1 Å². The first-order valence-corrected chi connectivity index (χ1v) is 7.37. The number of rotatable bonds is 5. The first-order chi connectivity index (χ1) is 9.64. The van der Waals surface area contributed by atoms with Gasteiger partial charge in [0.1, 0.15) is 11.6 Å². The zero-order valence-electron chi connectivity index (χ0n) is 12.5. The van der Waals surface area contributed by atoms with E-state index < -0.39 is 23.7 Å². The molecule has 2 amide bonds. The standard InChI is InChI=1S/C13H22N2O5S/c1-13(2,3)20-12(19)14-5-9(11(17)18)15-6-8(7-21)4-10(15)16/h8-9,21H,4-7H2,1-3H3,(H,14,19)(H,17,18)/t8?,9-/m1/s1. The van der Waals surface area contributed by atoms with Crippen molar-refractivity contribution < 1.29 is 24.2 Å². The predicted molar refractivity (Wildman–Crippen MR) is 79.3 cm³/mol. The topological polar surface area (TPSA) is 95.9 Å². The molecule has 7 nitrogen and oxygen atoms in total. The van der Waals surface area contributed by atoms with Gasteiger partial charge in [-0.15, -0.1) is 0 Å². The van der Waals surface area contributed by atoms with E-state index in [0.29, 0.717) is 18.7 Å². The van der Waals surface area contributed by atoms with Crippen LogP contribution in [0.3, 0.4) is 0 Å². The molecule has 1 unspecified atom stereocenters. The molecule has 0 aromatic heterocycles. The Morgan fingerprint density at radius 2 is 2.14 bits per heavy atom. The molecule has 1 fully saturated rings. The van der Waals surface area contributed by atoms with Crippen molar-refractivity contribution in [3.05, 3.63) is 0 Å². The van der Waals surface area contributed by atoms with Crippen LogP contribution in [0.25, 0.3) is 0 Å². The van der Waals surface area contributed by atoms with Crippen LogP contribution in [0.2, 0.25) is 0 Å². The summed E-state index contributed by atoms with van der Waals surface area (Å²) in [6.07, 6.45) is -0.411. The smallest absolute Gasteiger partial charge is 0.407 e. The number of carboxylic acids is 1. The van der Waals surface area contributed by atoms with Crippen molar-refractivity contribution in [2.75, 3.05) is 18.8 Å². The second-order valence-electron chi connectivity index (χ2n) is 6.04. The summed E-state index contributed by atoms with van der Waals surface area (Å²) < 4.78 is 5.04. The minimum Gasteiger partial charge on any atom is -0.480 e. The fraction of sp³-hybridized carbons (Fsp3) is 0.769. The predicted octanol–water partition coefficient (Wildman–Crippen LogP) is 0.743. The maximum absolute atomic E-state index is 11.8. The number of aliphatic carboxylic acids is 1. The first kappa shape index (κ1) is 17.6. The van der Waals surface area contributed by atoms with Crippen LogP contribution >= 0.6 is 12.6 Å². The highest BCUT2D eigenvalue weighted by molar-refractivity contribution is 7.80. The van der Waals surface area contributed by atoms with Crippen LogP contribution < -0.4 is 5.32 Å². The van der Waals surface area contributed by atoms with Crippen molar-refractivity contribution in [1.29, 1.82) is 0 Å². The summed E-state index contributed by atoms with van der Waals surface area (Å²) in [6.45, 7) is 5.29. The van der Waals surface area contributed by atoms with Gasteiger partial charge in [0, 0.05) is 13.0 Å². The molecule has 8 heteroatoms. The molecule has 1 rings (SSSR count).